The maximum Gasteiger partial charge on any atom is 0.269 e. The lowest BCUT2D eigenvalue weighted by Gasteiger charge is -2.26. The second-order valence-corrected chi connectivity index (χ2v) is 9.18. The zero-order valence-corrected chi connectivity index (χ0v) is 20.4. The maximum atomic E-state index is 11.0. The summed E-state index contributed by atoms with van der Waals surface area (Å²) in [6.07, 6.45) is 1.76. The van der Waals surface area contributed by atoms with E-state index in [1.807, 2.05) is 54.3 Å². The molecule has 0 spiro atoms. The lowest BCUT2D eigenvalue weighted by Crippen LogP contribution is -2.29. The van der Waals surface area contributed by atoms with E-state index in [1.54, 1.807) is 18.3 Å². The SMILES string of the molecule is Cc1cc(N2C(=S)N[C@@H](c3ccccn3)[C@H]2c2ccc(-c3ccc([N+](=O)[O-])cc3)o2)ccc1Br. The zero-order valence-electron chi connectivity index (χ0n) is 18.0. The molecule has 1 aliphatic rings. The quantitative estimate of drug-likeness (QED) is 0.178. The summed E-state index contributed by atoms with van der Waals surface area (Å²) in [4.78, 5) is 17.2. The van der Waals surface area contributed by atoms with Crippen LogP contribution in [0, 0.1) is 17.0 Å². The summed E-state index contributed by atoms with van der Waals surface area (Å²) in [6.45, 7) is 2.03. The van der Waals surface area contributed by atoms with Gasteiger partial charge in [-0.15, -0.1) is 0 Å². The van der Waals surface area contributed by atoms with Crippen LogP contribution >= 0.6 is 28.1 Å². The molecule has 4 aromatic rings. The predicted octanol–water partition coefficient (Wildman–Crippen LogP) is 6.50. The zero-order chi connectivity index (χ0) is 23.8. The van der Waals surface area contributed by atoms with Gasteiger partial charge in [-0.3, -0.25) is 15.1 Å². The molecule has 1 aliphatic heterocycles. The fourth-order valence-electron chi connectivity index (χ4n) is 4.11. The average molecular weight is 535 g/mol. The molecule has 2 aromatic heterocycles. The first kappa shape index (κ1) is 22.2. The van der Waals surface area contributed by atoms with Gasteiger partial charge in [0.2, 0.25) is 0 Å². The van der Waals surface area contributed by atoms with E-state index in [-0.39, 0.29) is 17.8 Å². The van der Waals surface area contributed by atoms with Gasteiger partial charge in [0.1, 0.15) is 17.6 Å². The van der Waals surface area contributed by atoms with Gasteiger partial charge in [0.05, 0.1) is 16.7 Å². The number of hydrogen-bond acceptors (Lipinski definition) is 5. The van der Waals surface area contributed by atoms with Crippen molar-refractivity contribution in [3.8, 4) is 11.3 Å². The Hall–Kier alpha value is -3.56. The number of nitrogens with one attached hydrogen (secondary N) is 1. The van der Waals surface area contributed by atoms with Crippen molar-refractivity contribution in [2.75, 3.05) is 4.90 Å². The van der Waals surface area contributed by atoms with E-state index in [4.69, 9.17) is 16.6 Å². The van der Waals surface area contributed by atoms with Crippen molar-refractivity contribution in [3.05, 3.63) is 111 Å². The minimum absolute atomic E-state index is 0.0351. The van der Waals surface area contributed by atoms with E-state index in [0.717, 1.165) is 27.0 Å². The number of nitro groups is 1. The fraction of sp³-hybridized carbons (Fsp3) is 0.120. The topological polar surface area (TPSA) is 84.4 Å². The van der Waals surface area contributed by atoms with Crippen LogP contribution in [0.4, 0.5) is 11.4 Å². The Morgan fingerprint density at radius 1 is 1.12 bits per heavy atom. The Kier molecular flexibility index (Phi) is 5.89. The van der Waals surface area contributed by atoms with Gasteiger partial charge in [-0.2, -0.15) is 0 Å². The molecule has 5 rings (SSSR count). The Balaban J connectivity index is 1.57. The molecule has 0 amide bonds. The standard InChI is InChI=1S/C25H19BrN4O3S/c1-15-14-18(9-10-19(15)26)29-24(23(28-25(29)34)20-4-2-3-13-27-20)22-12-11-21(33-22)16-5-7-17(8-6-16)30(31)32/h2-14,23-24H,1H3,(H,28,34)/t23-,24+/m0/s1. The number of nitro benzene ring substituents is 1. The third-order valence-electron chi connectivity index (χ3n) is 5.80. The molecule has 170 valence electrons. The van der Waals surface area contributed by atoms with Crippen molar-refractivity contribution in [2.24, 2.45) is 0 Å². The summed E-state index contributed by atoms with van der Waals surface area (Å²) >= 11 is 9.33. The number of benzene rings is 2. The van der Waals surface area contributed by atoms with Crippen LogP contribution in [-0.4, -0.2) is 15.0 Å². The van der Waals surface area contributed by atoms with Crippen LogP contribution in [0.5, 0.6) is 0 Å². The van der Waals surface area contributed by atoms with Gasteiger partial charge in [0.25, 0.3) is 5.69 Å². The number of halogens is 1. The minimum Gasteiger partial charge on any atom is -0.459 e. The van der Waals surface area contributed by atoms with Crippen molar-refractivity contribution >= 4 is 44.6 Å². The molecule has 2 aromatic carbocycles. The smallest absolute Gasteiger partial charge is 0.269 e. The van der Waals surface area contributed by atoms with Gasteiger partial charge in [0, 0.05) is 34.1 Å². The van der Waals surface area contributed by atoms with Crippen LogP contribution < -0.4 is 10.2 Å². The molecule has 2 atom stereocenters. The molecule has 0 radical (unpaired) electrons. The summed E-state index contributed by atoms with van der Waals surface area (Å²) in [6, 6.07) is 21.5. The average Bonchev–Trinajstić information content (AvgIpc) is 3.46. The monoisotopic (exact) mass is 534 g/mol. The first-order valence-corrected chi connectivity index (χ1v) is 11.7. The van der Waals surface area contributed by atoms with Crippen LogP contribution in [0.1, 0.15) is 29.1 Å². The minimum atomic E-state index is -0.419. The molecule has 0 aliphatic carbocycles. The van der Waals surface area contributed by atoms with Crippen molar-refractivity contribution in [1.82, 2.24) is 10.3 Å². The highest BCUT2D eigenvalue weighted by Gasteiger charge is 2.42. The summed E-state index contributed by atoms with van der Waals surface area (Å²) in [7, 11) is 0. The van der Waals surface area contributed by atoms with Crippen LogP contribution in [0.15, 0.2) is 87.9 Å². The second kappa shape index (κ2) is 9.00. The summed E-state index contributed by atoms with van der Waals surface area (Å²) in [5.41, 5.74) is 3.67. The van der Waals surface area contributed by atoms with Crippen molar-refractivity contribution < 1.29 is 9.34 Å². The normalized spacial score (nSPS) is 17.6. The second-order valence-electron chi connectivity index (χ2n) is 7.94. The Bertz CT molecular complexity index is 1370. The number of rotatable bonds is 5. The molecule has 3 heterocycles. The van der Waals surface area contributed by atoms with E-state index in [0.29, 0.717) is 16.6 Å². The molecule has 1 fully saturated rings. The highest BCUT2D eigenvalue weighted by Crippen LogP contribution is 2.43. The number of pyridine rings is 1. The largest absolute Gasteiger partial charge is 0.459 e. The predicted molar refractivity (Wildman–Crippen MR) is 138 cm³/mol. The highest BCUT2D eigenvalue weighted by atomic mass is 79.9. The van der Waals surface area contributed by atoms with Crippen LogP contribution in [0.3, 0.4) is 0 Å². The number of thiocarbonyl (C=S) groups is 1. The van der Waals surface area contributed by atoms with Gasteiger partial charge >= 0.3 is 0 Å². The van der Waals surface area contributed by atoms with Crippen LogP contribution in [0.2, 0.25) is 0 Å². The lowest BCUT2D eigenvalue weighted by atomic mass is 10.0. The van der Waals surface area contributed by atoms with Crippen molar-refractivity contribution in [3.63, 3.8) is 0 Å². The van der Waals surface area contributed by atoms with Gasteiger partial charge in [-0.1, -0.05) is 22.0 Å². The number of furan rings is 1. The molecular weight excluding hydrogens is 516 g/mol. The molecule has 7 nitrogen and oxygen atoms in total. The third kappa shape index (κ3) is 4.08. The van der Waals surface area contributed by atoms with Gasteiger partial charge in [0.15, 0.2) is 5.11 Å². The third-order valence-corrected chi connectivity index (χ3v) is 7.00. The van der Waals surface area contributed by atoms with Gasteiger partial charge < -0.3 is 14.6 Å². The molecule has 0 saturated carbocycles. The molecule has 1 N–H and O–H groups in total. The number of aryl methyl sites for hydroxylation is 1. The van der Waals surface area contributed by atoms with Crippen molar-refractivity contribution in [2.45, 2.75) is 19.0 Å². The Morgan fingerprint density at radius 2 is 1.91 bits per heavy atom. The van der Waals surface area contributed by atoms with Crippen LogP contribution in [0.25, 0.3) is 11.3 Å². The summed E-state index contributed by atoms with van der Waals surface area (Å²) in [5.74, 6) is 1.33. The van der Waals surface area contributed by atoms with Crippen LogP contribution in [-0.2, 0) is 0 Å². The van der Waals surface area contributed by atoms with E-state index in [9.17, 15) is 10.1 Å². The van der Waals surface area contributed by atoms with E-state index in [2.05, 4.69) is 32.3 Å². The summed E-state index contributed by atoms with van der Waals surface area (Å²) in [5, 5.41) is 15.0. The number of hydrogen-bond donors (Lipinski definition) is 1. The van der Waals surface area contributed by atoms with E-state index < -0.39 is 4.92 Å². The molecular formula is C25H19BrN4O3S. The van der Waals surface area contributed by atoms with E-state index >= 15 is 0 Å². The first-order valence-electron chi connectivity index (χ1n) is 10.5. The first-order chi connectivity index (χ1) is 16.4. The van der Waals surface area contributed by atoms with Gasteiger partial charge in [-0.25, -0.2) is 0 Å². The van der Waals surface area contributed by atoms with Gasteiger partial charge in [-0.05, 0) is 79.3 Å². The highest BCUT2D eigenvalue weighted by molar-refractivity contribution is 9.10. The summed E-state index contributed by atoms with van der Waals surface area (Å²) < 4.78 is 7.33. The number of non-ortho nitro benzene ring substituents is 1. The maximum absolute atomic E-state index is 11.0. The Labute approximate surface area is 209 Å². The van der Waals surface area contributed by atoms with E-state index in [1.165, 1.54) is 12.1 Å². The molecule has 9 heteroatoms. The van der Waals surface area contributed by atoms with Crippen molar-refractivity contribution in [1.29, 1.82) is 0 Å². The lowest BCUT2D eigenvalue weighted by molar-refractivity contribution is -0.384. The fourth-order valence-corrected chi connectivity index (χ4v) is 4.71. The molecule has 1 saturated heterocycles. The number of anilines is 1. The molecule has 0 unspecified atom stereocenters. The molecule has 0 bridgehead atoms. The number of aromatic nitrogens is 1. The number of nitrogens with zero attached hydrogens (tertiary/aromatic N) is 3. The molecule has 34 heavy (non-hydrogen) atoms. The Morgan fingerprint density at radius 3 is 2.59 bits per heavy atom.